The van der Waals surface area contributed by atoms with Gasteiger partial charge in [0.1, 0.15) is 0 Å². The Bertz CT molecular complexity index is 674. The molecule has 170 valence electrons. The van der Waals surface area contributed by atoms with Gasteiger partial charge in [0.15, 0.2) is 0 Å². The second kappa shape index (κ2) is 8.42. The molecule has 30 heavy (non-hydrogen) atoms. The predicted molar refractivity (Wildman–Crippen MR) is 128 cm³/mol. The van der Waals surface area contributed by atoms with Gasteiger partial charge in [0.25, 0.3) is 0 Å². The molecule has 0 radical (unpaired) electrons. The largest absolute Gasteiger partial charge is 0.393 e. The summed E-state index contributed by atoms with van der Waals surface area (Å²) in [6, 6.07) is 0. The van der Waals surface area contributed by atoms with Gasteiger partial charge in [-0.25, -0.2) is 0 Å². The smallest absolute Gasteiger partial charge is 0.0546 e. The number of hydrogen-bond acceptors (Lipinski definition) is 1. The van der Waals surface area contributed by atoms with Crippen LogP contribution in [0, 0.1) is 52.3 Å². The minimum atomic E-state index is -0.0669. The molecule has 0 aromatic carbocycles. The van der Waals surface area contributed by atoms with Crippen LogP contribution in [0.2, 0.25) is 0 Å². The van der Waals surface area contributed by atoms with Crippen LogP contribution in [-0.2, 0) is 0 Å². The van der Waals surface area contributed by atoms with E-state index >= 15 is 0 Å². The summed E-state index contributed by atoms with van der Waals surface area (Å²) in [4.78, 5) is 0. The quantitative estimate of drug-likeness (QED) is 0.457. The zero-order valence-electron chi connectivity index (χ0n) is 20.7. The second-order valence-electron chi connectivity index (χ2n) is 12.5. The van der Waals surface area contributed by atoms with Crippen molar-refractivity contribution in [1.29, 1.82) is 0 Å². The average molecular weight is 413 g/mol. The lowest BCUT2D eigenvalue weighted by atomic mass is 9.46. The maximum Gasteiger partial charge on any atom is 0.0546 e. The van der Waals surface area contributed by atoms with E-state index < -0.39 is 0 Å². The van der Waals surface area contributed by atoms with Crippen molar-refractivity contribution in [2.45, 2.75) is 105 Å². The van der Waals surface area contributed by atoms with E-state index in [-0.39, 0.29) is 6.10 Å². The van der Waals surface area contributed by atoms with E-state index in [0.29, 0.717) is 22.7 Å². The van der Waals surface area contributed by atoms with Gasteiger partial charge in [0.05, 0.1) is 6.10 Å². The van der Waals surface area contributed by atoms with Crippen molar-refractivity contribution >= 4 is 0 Å². The van der Waals surface area contributed by atoms with Gasteiger partial charge in [0, 0.05) is 0 Å². The molecule has 3 fully saturated rings. The number of rotatable bonds is 5. The lowest BCUT2D eigenvalue weighted by Crippen LogP contribution is -2.52. The molecular weight excluding hydrogens is 364 g/mol. The first-order valence-electron chi connectivity index (χ1n) is 13.2. The van der Waals surface area contributed by atoms with Gasteiger partial charge in [0.2, 0.25) is 0 Å². The van der Waals surface area contributed by atoms with Crippen molar-refractivity contribution < 1.29 is 5.11 Å². The van der Waals surface area contributed by atoms with Crippen molar-refractivity contribution in [1.82, 2.24) is 0 Å². The molecule has 0 unspecified atom stereocenters. The van der Waals surface area contributed by atoms with Crippen molar-refractivity contribution in [3.63, 3.8) is 0 Å². The summed E-state index contributed by atoms with van der Waals surface area (Å²) in [5.41, 5.74) is 2.62. The third-order valence-corrected chi connectivity index (χ3v) is 10.9. The molecule has 4 aliphatic carbocycles. The number of allylic oxidation sites excluding steroid dienone is 4. The van der Waals surface area contributed by atoms with Gasteiger partial charge in [-0.15, -0.1) is 0 Å². The molecule has 0 aliphatic heterocycles. The fraction of sp³-hybridized carbons (Fsp3) is 0.862. The summed E-state index contributed by atoms with van der Waals surface area (Å²) in [5.74, 6) is 5.57. The van der Waals surface area contributed by atoms with E-state index in [2.05, 4.69) is 59.8 Å². The first-order chi connectivity index (χ1) is 14.2. The highest BCUT2D eigenvalue weighted by atomic mass is 16.3. The molecule has 0 heterocycles. The summed E-state index contributed by atoms with van der Waals surface area (Å²) in [6.07, 6.45) is 19.2. The molecule has 0 aromatic heterocycles. The van der Waals surface area contributed by atoms with Gasteiger partial charge < -0.3 is 5.11 Å². The van der Waals surface area contributed by atoms with E-state index in [0.717, 1.165) is 42.4 Å². The highest BCUT2D eigenvalue weighted by Crippen LogP contribution is 2.67. The molecule has 1 heteroatoms. The molecule has 4 aliphatic rings. The second-order valence-corrected chi connectivity index (χ2v) is 12.5. The first-order valence-corrected chi connectivity index (χ1v) is 13.2. The maximum atomic E-state index is 10.2. The van der Waals surface area contributed by atoms with Crippen LogP contribution in [-0.4, -0.2) is 11.2 Å². The molecule has 4 rings (SSSR count). The normalized spacial score (nSPS) is 47.0. The van der Waals surface area contributed by atoms with Crippen LogP contribution in [0.5, 0.6) is 0 Å². The average Bonchev–Trinajstić information content (AvgIpc) is 3.06. The zero-order chi connectivity index (χ0) is 21.7. The Kier molecular flexibility index (Phi) is 6.35. The number of hydrogen-bond donors (Lipinski definition) is 1. The Morgan fingerprint density at radius 3 is 2.40 bits per heavy atom. The predicted octanol–water partition coefficient (Wildman–Crippen LogP) is 7.80. The maximum absolute atomic E-state index is 10.2. The van der Waals surface area contributed by atoms with Crippen LogP contribution in [0.25, 0.3) is 0 Å². The standard InChI is InChI=1S/C29H48O/c1-7-21(19(2)3)9-8-20(4)25-12-13-26-24-11-10-22-18-23(30)14-16-28(22,5)27(24)15-17-29(25,26)6/h7,10-11,19-20,22-27,30H,8-9,12-18H2,1-6H3/b21-7-/t20-,22+,23+,24-,25-,26-,27+,28+,29-/m1/s1. The molecule has 9 atom stereocenters. The molecule has 0 amide bonds. The SMILES string of the molecule is C/C=C(/CC[C@@H](C)[C@H]1CC[C@@H]2[C@H]3C=C[C@H]4C[C@@H](O)CC[C@]4(C)[C@H]3CC[C@@]21C)C(C)C. The van der Waals surface area contributed by atoms with Crippen LogP contribution in [0.1, 0.15) is 99.3 Å². The topological polar surface area (TPSA) is 20.2 Å². The summed E-state index contributed by atoms with van der Waals surface area (Å²) in [5, 5.41) is 10.2. The Balaban J connectivity index is 1.49. The van der Waals surface area contributed by atoms with Gasteiger partial charge in [-0.2, -0.15) is 0 Å². The van der Waals surface area contributed by atoms with Crippen molar-refractivity contribution in [2.75, 3.05) is 0 Å². The van der Waals surface area contributed by atoms with Crippen LogP contribution < -0.4 is 0 Å². The van der Waals surface area contributed by atoms with Crippen molar-refractivity contribution in [3.05, 3.63) is 23.8 Å². The van der Waals surface area contributed by atoms with Gasteiger partial charge in [-0.1, -0.05) is 58.4 Å². The summed E-state index contributed by atoms with van der Waals surface area (Å²) in [6.45, 7) is 14.7. The lowest BCUT2D eigenvalue weighted by Gasteiger charge is -2.59. The highest BCUT2D eigenvalue weighted by Gasteiger charge is 2.59. The fourth-order valence-electron chi connectivity index (χ4n) is 8.93. The van der Waals surface area contributed by atoms with Gasteiger partial charge in [-0.05, 0) is 117 Å². The van der Waals surface area contributed by atoms with E-state index in [1.807, 2.05) is 0 Å². The summed E-state index contributed by atoms with van der Waals surface area (Å²) in [7, 11) is 0. The fourth-order valence-corrected chi connectivity index (χ4v) is 8.93. The molecule has 0 spiro atoms. The van der Waals surface area contributed by atoms with Crippen LogP contribution >= 0.6 is 0 Å². The third-order valence-electron chi connectivity index (χ3n) is 10.9. The number of aliphatic hydroxyl groups excluding tert-OH is 1. The molecule has 0 saturated heterocycles. The first kappa shape index (κ1) is 22.6. The minimum absolute atomic E-state index is 0.0669. The Hall–Kier alpha value is -0.560. The van der Waals surface area contributed by atoms with E-state index in [1.165, 1.54) is 44.9 Å². The third kappa shape index (κ3) is 3.66. The monoisotopic (exact) mass is 412 g/mol. The van der Waals surface area contributed by atoms with E-state index in [9.17, 15) is 5.11 Å². The Morgan fingerprint density at radius 1 is 1.00 bits per heavy atom. The molecule has 0 aromatic rings. The summed E-state index contributed by atoms with van der Waals surface area (Å²) >= 11 is 0. The zero-order valence-corrected chi connectivity index (χ0v) is 20.7. The van der Waals surface area contributed by atoms with Crippen molar-refractivity contribution in [3.8, 4) is 0 Å². The Labute approximate surface area is 186 Å². The molecule has 0 bridgehead atoms. The van der Waals surface area contributed by atoms with Gasteiger partial charge >= 0.3 is 0 Å². The number of fused-ring (bicyclic) bond motifs is 5. The van der Waals surface area contributed by atoms with E-state index in [1.54, 1.807) is 5.57 Å². The van der Waals surface area contributed by atoms with Crippen LogP contribution in [0.3, 0.4) is 0 Å². The minimum Gasteiger partial charge on any atom is -0.393 e. The van der Waals surface area contributed by atoms with Crippen LogP contribution in [0.15, 0.2) is 23.8 Å². The van der Waals surface area contributed by atoms with Crippen LogP contribution in [0.4, 0.5) is 0 Å². The van der Waals surface area contributed by atoms with Crippen molar-refractivity contribution in [2.24, 2.45) is 52.3 Å². The van der Waals surface area contributed by atoms with E-state index in [4.69, 9.17) is 0 Å². The van der Waals surface area contributed by atoms with Gasteiger partial charge in [-0.3, -0.25) is 0 Å². The number of aliphatic hydroxyl groups is 1. The molecule has 1 N–H and O–H groups in total. The molecule has 1 nitrogen and oxygen atoms in total. The molecular formula is C29H48O. The summed E-state index contributed by atoms with van der Waals surface area (Å²) < 4.78 is 0. The highest BCUT2D eigenvalue weighted by molar-refractivity contribution is 5.18. The Morgan fingerprint density at radius 2 is 1.70 bits per heavy atom. The molecule has 3 saturated carbocycles. The lowest BCUT2D eigenvalue weighted by molar-refractivity contribution is -0.0812.